The lowest BCUT2D eigenvalue weighted by Crippen LogP contribution is -2.50. The molecule has 1 saturated carbocycles. The lowest BCUT2D eigenvalue weighted by molar-refractivity contribution is -0.132. The van der Waals surface area contributed by atoms with Gasteiger partial charge in [0.2, 0.25) is 11.8 Å². The molecule has 148 valence electrons. The fourth-order valence-electron chi connectivity index (χ4n) is 3.60. The van der Waals surface area contributed by atoms with Gasteiger partial charge in [-0.15, -0.1) is 0 Å². The second kappa shape index (κ2) is 8.04. The summed E-state index contributed by atoms with van der Waals surface area (Å²) in [5, 5.41) is 3.96. The Morgan fingerprint density at radius 2 is 1.71 bits per heavy atom. The number of nitrogens with one attached hydrogen (secondary N) is 2. The Hall–Kier alpha value is -2.83. The Morgan fingerprint density at radius 3 is 2.43 bits per heavy atom. The molecule has 28 heavy (non-hydrogen) atoms. The van der Waals surface area contributed by atoms with Crippen LogP contribution in [0.1, 0.15) is 42.6 Å². The molecule has 2 aromatic rings. The van der Waals surface area contributed by atoms with Crippen molar-refractivity contribution in [3.63, 3.8) is 0 Å². The van der Waals surface area contributed by atoms with Crippen LogP contribution < -0.4 is 5.32 Å². The van der Waals surface area contributed by atoms with E-state index in [9.17, 15) is 14.4 Å². The minimum atomic E-state index is -0.0277. The van der Waals surface area contributed by atoms with E-state index in [4.69, 9.17) is 0 Å². The average Bonchev–Trinajstić information content (AvgIpc) is 3.41. The van der Waals surface area contributed by atoms with Crippen molar-refractivity contribution in [3.8, 4) is 0 Å². The molecule has 0 unspecified atom stereocenters. The molecular formula is C21H26N4O3. The lowest BCUT2D eigenvalue weighted by Gasteiger charge is -2.34. The largest absolute Gasteiger partial charge is 0.353 e. The summed E-state index contributed by atoms with van der Waals surface area (Å²) in [5.41, 5.74) is 1.54. The highest BCUT2D eigenvalue weighted by molar-refractivity contribution is 5.98. The molecule has 0 radical (unpaired) electrons. The van der Waals surface area contributed by atoms with Crippen LogP contribution in [-0.4, -0.2) is 64.7 Å². The molecule has 1 aromatic carbocycles. The van der Waals surface area contributed by atoms with Crippen LogP contribution in [0, 0.1) is 0 Å². The van der Waals surface area contributed by atoms with Crippen molar-refractivity contribution in [3.05, 3.63) is 36.0 Å². The highest BCUT2D eigenvalue weighted by atomic mass is 16.2. The summed E-state index contributed by atoms with van der Waals surface area (Å²) in [6, 6.07) is 10.1. The van der Waals surface area contributed by atoms with Crippen LogP contribution in [0.3, 0.4) is 0 Å². The molecule has 0 atom stereocenters. The number of hydrogen-bond acceptors (Lipinski definition) is 3. The Morgan fingerprint density at radius 1 is 1.00 bits per heavy atom. The maximum absolute atomic E-state index is 12.7. The number of benzene rings is 1. The number of para-hydroxylation sites is 1. The summed E-state index contributed by atoms with van der Waals surface area (Å²) >= 11 is 0. The fourth-order valence-corrected chi connectivity index (χ4v) is 3.60. The van der Waals surface area contributed by atoms with E-state index in [0.29, 0.717) is 57.2 Å². The maximum atomic E-state index is 12.7. The lowest BCUT2D eigenvalue weighted by atomic mass is 10.2. The third-order valence-corrected chi connectivity index (χ3v) is 5.42. The van der Waals surface area contributed by atoms with Gasteiger partial charge in [0.25, 0.3) is 5.91 Å². The van der Waals surface area contributed by atoms with Crippen LogP contribution in [-0.2, 0) is 9.59 Å². The first-order valence-corrected chi connectivity index (χ1v) is 10.0. The molecule has 3 amide bonds. The van der Waals surface area contributed by atoms with Gasteiger partial charge < -0.3 is 20.1 Å². The SMILES string of the molecule is O=C(CCCC(=O)N1CCN(C(=O)c2cc3ccccc3[nH]2)CC1)NC1CC1. The fraction of sp³-hybridized carbons (Fsp3) is 0.476. The van der Waals surface area contributed by atoms with Gasteiger partial charge in [-0.2, -0.15) is 0 Å². The molecule has 7 nitrogen and oxygen atoms in total. The second-order valence-electron chi connectivity index (χ2n) is 7.64. The summed E-state index contributed by atoms with van der Waals surface area (Å²) in [4.78, 5) is 43.5. The van der Waals surface area contributed by atoms with E-state index in [1.165, 1.54) is 0 Å². The first kappa shape index (κ1) is 18.5. The minimum absolute atomic E-state index is 0.0277. The highest BCUT2D eigenvalue weighted by Gasteiger charge is 2.26. The van der Waals surface area contributed by atoms with Crippen molar-refractivity contribution < 1.29 is 14.4 Å². The molecule has 1 aliphatic heterocycles. The van der Waals surface area contributed by atoms with Gasteiger partial charge in [0.15, 0.2) is 0 Å². The number of H-pyrrole nitrogens is 1. The van der Waals surface area contributed by atoms with Gasteiger partial charge in [0.1, 0.15) is 5.69 Å². The first-order valence-electron chi connectivity index (χ1n) is 10.0. The number of aromatic nitrogens is 1. The second-order valence-corrected chi connectivity index (χ2v) is 7.64. The average molecular weight is 382 g/mol. The van der Waals surface area contributed by atoms with E-state index in [0.717, 1.165) is 23.7 Å². The molecule has 1 aromatic heterocycles. The number of carbonyl (C=O) groups excluding carboxylic acids is 3. The van der Waals surface area contributed by atoms with Crippen LogP contribution >= 0.6 is 0 Å². The Balaban J connectivity index is 1.22. The van der Waals surface area contributed by atoms with E-state index in [1.54, 1.807) is 9.80 Å². The Labute approximate surface area is 164 Å². The smallest absolute Gasteiger partial charge is 0.270 e. The van der Waals surface area contributed by atoms with Crippen molar-refractivity contribution in [2.24, 2.45) is 0 Å². The van der Waals surface area contributed by atoms with Gasteiger partial charge in [-0.3, -0.25) is 14.4 Å². The van der Waals surface area contributed by atoms with Crippen LogP contribution in [0.15, 0.2) is 30.3 Å². The number of fused-ring (bicyclic) bond motifs is 1. The third-order valence-electron chi connectivity index (χ3n) is 5.42. The zero-order chi connectivity index (χ0) is 19.5. The van der Waals surface area contributed by atoms with Gasteiger partial charge in [-0.05, 0) is 31.4 Å². The monoisotopic (exact) mass is 382 g/mol. The molecule has 2 aliphatic rings. The van der Waals surface area contributed by atoms with Crippen molar-refractivity contribution >= 4 is 28.6 Å². The van der Waals surface area contributed by atoms with Crippen LogP contribution in [0.25, 0.3) is 10.9 Å². The van der Waals surface area contributed by atoms with E-state index < -0.39 is 0 Å². The quantitative estimate of drug-likeness (QED) is 0.800. The molecule has 1 saturated heterocycles. The third kappa shape index (κ3) is 4.35. The van der Waals surface area contributed by atoms with Gasteiger partial charge >= 0.3 is 0 Å². The summed E-state index contributed by atoms with van der Waals surface area (Å²) in [5.74, 6) is 0.0843. The molecule has 7 heteroatoms. The molecule has 0 bridgehead atoms. The molecule has 0 spiro atoms. The topological polar surface area (TPSA) is 85.5 Å². The van der Waals surface area contributed by atoms with Crippen LogP contribution in [0.2, 0.25) is 0 Å². The van der Waals surface area contributed by atoms with E-state index >= 15 is 0 Å². The predicted octanol–water partition coefficient (Wildman–Crippen LogP) is 1.90. The van der Waals surface area contributed by atoms with Crippen LogP contribution in [0.4, 0.5) is 0 Å². The first-order chi connectivity index (χ1) is 13.6. The Kier molecular flexibility index (Phi) is 5.32. The van der Waals surface area contributed by atoms with E-state index in [-0.39, 0.29) is 17.7 Å². The number of carbonyl (C=O) groups is 3. The molecule has 2 fully saturated rings. The van der Waals surface area contributed by atoms with E-state index in [2.05, 4.69) is 10.3 Å². The summed E-state index contributed by atoms with van der Waals surface area (Å²) in [6.07, 6.45) is 3.51. The number of rotatable bonds is 6. The van der Waals surface area contributed by atoms with Gasteiger partial charge in [0.05, 0.1) is 0 Å². The molecule has 2 N–H and O–H groups in total. The number of nitrogens with zero attached hydrogens (tertiary/aromatic N) is 2. The minimum Gasteiger partial charge on any atom is -0.353 e. The number of piperazine rings is 1. The predicted molar refractivity (Wildman–Crippen MR) is 106 cm³/mol. The summed E-state index contributed by atoms with van der Waals surface area (Å²) in [6.45, 7) is 2.14. The zero-order valence-electron chi connectivity index (χ0n) is 15.9. The molecular weight excluding hydrogens is 356 g/mol. The van der Waals surface area contributed by atoms with Crippen LogP contribution in [0.5, 0.6) is 0 Å². The summed E-state index contributed by atoms with van der Waals surface area (Å²) < 4.78 is 0. The van der Waals surface area contributed by atoms with Gasteiger partial charge in [-0.25, -0.2) is 0 Å². The normalized spacial score (nSPS) is 17.0. The molecule has 1 aliphatic carbocycles. The van der Waals surface area contributed by atoms with E-state index in [1.807, 2.05) is 30.3 Å². The van der Waals surface area contributed by atoms with Crippen molar-refractivity contribution in [2.75, 3.05) is 26.2 Å². The maximum Gasteiger partial charge on any atom is 0.270 e. The number of amides is 3. The number of aromatic amines is 1. The van der Waals surface area contributed by atoms with Crippen molar-refractivity contribution in [1.82, 2.24) is 20.1 Å². The molecule has 4 rings (SSSR count). The van der Waals surface area contributed by atoms with Gasteiger partial charge in [0, 0.05) is 56.0 Å². The standard InChI is InChI=1S/C21H26N4O3/c26-19(22-16-8-9-16)6-3-7-20(27)24-10-12-25(13-11-24)21(28)18-14-15-4-1-2-5-17(15)23-18/h1-2,4-5,14,16,23H,3,6-13H2,(H,22,26). The van der Waals surface area contributed by atoms with Crippen molar-refractivity contribution in [1.29, 1.82) is 0 Å². The van der Waals surface area contributed by atoms with Crippen molar-refractivity contribution in [2.45, 2.75) is 38.1 Å². The number of hydrogen-bond donors (Lipinski definition) is 2. The Bertz CT molecular complexity index is 846. The highest BCUT2D eigenvalue weighted by Crippen LogP contribution is 2.19. The molecule has 2 heterocycles. The summed E-state index contributed by atoms with van der Waals surface area (Å²) in [7, 11) is 0. The van der Waals surface area contributed by atoms with Gasteiger partial charge in [-0.1, -0.05) is 18.2 Å². The zero-order valence-corrected chi connectivity index (χ0v) is 15.9.